The van der Waals surface area contributed by atoms with Crippen molar-refractivity contribution in [1.82, 2.24) is 4.72 Å². The Morgan fingerprint density at radius 3 is 2.29 bits per heavy atom. The summed E-state index contributed by atoms with van der Waals surface area (Å²) in [5.41, 5.74) is 1.71. The molecule has 0 spiro atoms. The number of hydrogen-bond acceptors (Lipinski definition) is 3. The first-order valence-electron chi connectivity index (χ1n) is 7.99. The van der Waals surface area contributed by atoms with E-state index in [1.807, 2.05) is 30.3 Å². The fourth-order valence-corrected chi connectivity index (χ4v) is 3.63. The van der Waals surface area contributed by atoms with Gasteiger partial charge in [-0.05, 0) is 49.1 Å². The molecule has 2 aromatic carbocycles. The standard InChI is InChI=1S/C18H20N2O3S/c21-18(19-15-4-2-1-3-5-15)13-8-14-6-11-17(12-7-14)24(22,23)20-16-9-10-16/h1-7,11-12,16,20H,8-10,13H2,(H,19,21). The maximum atomic E-state index is 12.1. The van der Waals surface area contributed by atoms with E-state index < -0.39 is 10.0 Å². The molecule has 1 aliphatic carbocycles. The molecule has 126 valence electrons. The van der Waals surface area contributed by atoms with Crippen molar-refractivity contribution < 1.29 is 13.2 Å². The van der Waals surface area contributed by atoms with Crippen LogP contribution in [0.3, 0.4) is 0 Å². The highest BCUT2D eigenvalue weighted by Crippen LogP contribution is 2.22. The Kier molecular flexibility index (Phi) is 4.97. The molecule has 0 bridgehead atoms. The quantitative estimate of drug-likeness (QED) is 0.811. The van der Waals surface area contributed by atoms with Crippen LogP contribution in [0.2, 0.25) is 0 Å². The lowest BCUT2D eigenvalue weighted by molar-refractivity contribution is -0.116. The summed E-state index contributed by atoms with van der Waals surface area (Å²) in [6.45, 7) is 0. The van der Waals surface area contributed by atoms with Crippen LogP contribution < -0.4 is 10.0 Å². The molecule has 1 aliphatic rings. The Hall–Kier alpha value is -2.18. The smallest absolute Gasteiger partial charge is 0.240 e. The third-order valence-corrected chi connectivity index (χ3v) is 5.37. The highest BCUT2D eigenvalue weighted by atomic mass is 32.2. The summed E-state index contributed by atoms with van der Waals surface area (Å²) >= 11 is 0. The van der Waals surface area contributed by atoms with Crippen molar-refractivity contribution in [3.63, 3.8) is 0 Å². The molecule has 0 radical (unpaired) electrons. The van der Waals surface area contributed by atoms with Crippen LogP contribution in [0.5, 0.6) is 0 Å². The molecule has 1 saturated carbocycles. The third kappa shape index (κ3) is 4.66. The van der Waals surface area contributed by atoms with Crippen molar-refractivity contribution in [1.29, 1.82) is 0 Å². The molecule has 0 aromatic heterocycles. The molecule has 0 unspecified atom stereocenters. The predicted octanol–water partition coefficient (Wildman–Crippen LogP) is 2.70. The van der Waals surface area contributed by atoms with Gasteiger partial charge in [0.15, 0.2) is 0 Å². The largest absolute Gasteiger partial charge is 0.326 e. The van der Waals surface area contributed by atoms with Gasteiger partial charge >= 0.3 is 0 Å². The Morgan fingerprint density at radius 1 is 1.00 bits per heavy atom. The number of carbonyl (C=O) groups is 1. The average molecular weight is 344 g/mol. The molecule has 1 amide bonds. The average Bonchev–Trinajstić information content (AvgIpc) is 3.37. The zero-order valence-electron chi connectivity index (χ0n) is 13.2. The minimum Gasteiger partial charge on any atom is -0.326 e. The number of amides is 1. The van der Waals surface area contributed by atoms with Gasteiger partial charge in [0.05, 0.1) is 4.90 Å². The molecule has 0 aliphatic heterocycles. The summed E-state index contributed by atoms with van der Waals surface area (Å²) in [4.78, 5) is 12.2. The highest BCUT2D eigenvalue weighted by Gasteiger charge is 2.27. The summed E-state index contributed by atoms with van der Waals surface area (Å²) in [5, 5.41) is 2.83. The van der Waals surface area contributed by atoms with Gasteiger partial charge in [0, 0.05) is 18.2 Å². The highest BCUT2D eigenvalue weighted by molar-refractivity contribution is 7.89. The number of aryl methyl sites for hydroxylation is 1. The van der Waals surface area contributed by atoms with Gasteiger partial charge in [0.1, 0.15) is 0 Å². The van der Waals surface area contributed by atoms with Crippen LogP contribution in [0.1, 0.15) is 24.8 Å². The third-order valence-electron chi connectivity index (χ3n) is 3.83. The Labute approximate surface area is 142 Å². The molecule has 0 saturated heterocycles. The second-order valence-corrected chi connectivity index (χ2v) is 7.67. The number of rotatable bonds is 7. The first kappa shape index (κ1) is 16.7. The molecular formula is C18H20N2O3S. The van der Waals surface area contributed by atoms with Crippen LogP contribution >= 0.6 is 0 Å². The minimum atomic E-state index is -3.42. The van der Waals surface area contributed by atoms with E-state index in [-0.39, 0.29) is 16.8 Å². The monoisotopic (exact) mass is 344 g/mol. The Morgan fingerprint density at radius 2 is 1.67 bits per heavy atom. The van der Waals surface area contributed by atoms with E-state index in [0.717, 1.165) is 24.1 Å². The molecule has 0 atom stereocenters. The molecule has 2 N–H and O–H groups in total. The molecule has 2 aromatic rings. The van der Waals surface area contributed by atoms with Gasteiger partial charge in [0.25, 0.3) is 0 Å². The van der Waals surface area contributed by atoms with Crippen molar-refractivity contribution in [3.8, 4) is 0 Å². The number of sulfonamides is 1. The lowest BCUT2D eigenvalue weighted by Crippen LogP contribution is -2.25. The number of hydrogen-bond donors (Lipinski definition) is 2. The fourth-order valence-electron chi connectivity index (χ4n) is 2.33. The number of benzene rings is 2. The molecule has 5 nitrogen and oxygen atoms in total. The summed E-state index contributed by atoms with van der Waals surface area (Å²) in [6, 6.07) is 16.1. The van der Waals surface area contributed by atoms with Crippen molar-refractivity contribution in [3.05, 3.63) is 60.2 Å². The van der Waals surface area contributed by atoms with Crippen LogP contribution in [0, 0.1) is 0 Å². The van der Waals surface area contributed by atoms with Crippen LogP contribution in [0.15, 0.2) is 59.5 Å². The van der Waals surface area contributed by atoms with Gasteiger partial charge in [-0.3, -0.25) is 4.79 Å². The van der Waals surface area contributed by atoms with Crippen molar-refractivity contribution in [2.75, 3.05) is 5.32 Å². The van der Waals surface area contributed by atoms with Crippen molar-refractivity contribution in [2.24, 2.45) is 0 Å². The van der Waals surface area contributed by atoms with Gasteiger partial charge in [-0.15, -0.1) is 0 Å². The van der Waals surface area contributed by atoms with Gasteiger partial charge in [-0.1, -0.05) is 30.3 Å². The van der Waals surface area contributed by atoms with Crippen molar-refractivity contribution >= 4 is 21.6 Å². The van der Waals surface area contributed by atoms with E-state index in [1.54, 1.807) is 24.3 Å². The maximum absolute atomic E-state index is 12.1. The molecule has 1 fully saturated rings. The summed E-state index contributed by atoms with van der Waals surface area (Å²) in [6.07, 6.45) is 2.73. The lowest BCUT2D eigenvalue weighted by Gasteiger charge is -2.07. The number of carbonyl (C=O) groups excluding carboxylic acids is 1. The maximum Gasteiger partial charge on any atom is 0.240 e. The first-order chi connectivity index (χ1) is 11.5. The van der Waals surface area contributed by atoms with Crippen LogP contribution in [-0.4, -0.2) is 20.4 Å². The number of para-hydroxylation sites is 1. The van der Waals surface area contributed by atoms with Gasteiger partial charge in [0.2, 0.25) is 15.9 Å². The topological polar surface area (TPSA) is 75.3 Å². The number of nitrogens with one attached hydrogen (secondary N) is 2. The molecule has 3 rings (SSSR count). The van der Waals surface area contributed by atoms with E-state index in [1.165, 1.54) is 0 Å². The minimum absolute atomic E-state index is 0.0618. The predicted molar refractivity (Wildman–Crippen MR) is 93.2 cm³/mol. The van der Waals surface area contributed by atoms with E-state index in [9.17, 15) is 13.2 Å². The van der Waals surface area contributed by atoms with E-state index in [0.29, 0.717) is 12.8 Å². The van der Waals surface area contributed by atoms with E-state index >= 15 is 0 Å². The van der Waals surface area contributed by atoms with Crippen LogP contribution in [0.4, 0.5) is 5.69 Å². The van der Waals surface area contributed by atoms with Crippen LogP contribution in [0.25, 0.3) is 0 Å². The van der Waals surface area contributed by atoms with E-state index in [4.69, 9.17) is 0 Å². The lowest BCUT2D eigenvalue weighted by atomic mass is 10.1. The summed E-state index contributed by atoms with van der Waals surface area (Å²) in [7, 11) is -3.42. The van der Waals surface area contributed by atoms with Crippen LogP contribution in [-0.2, 0) is 21.2 Å². The molecule has 6 heteroatoms. The second kappa shape index (κ2) is 7.15. The second-order valence-electron chi connectivity index (χ2n) is 5.95. The molecule has 0 heterocycles. The normalized spacial score (nSPS) is 14.3. The number of anilines is 1. The molecular weight excluding hydrogens is 324 g/mol. The Bertz CT molecular complexity index is 798. The zero-order valence-corrected chi connectivity index (χ0v) is 14.1. The fraction of sp³-hybridized carbons (Fsp3) is 0.278. The SMILES string of the molecule is O=C(CCc1ccc(S(=O)(=O)NC2CC2)cc1)Nc1ccccc1. The molecule has 24 heavy (non-hydrogen) atoms. The van der Waals surface area contributed by atoms with Crippen molar-refractivity contribution in [2.45, 2.75) is 36.6 Å². The summed E-state index contributed by atoms with van der Waals surface area (Å²) < 4.78 is 26.8. The van der Waals surface area contributed by atoms with Gasteiger partial charge in [-0.2, -0.15) is 0 Å². The zero-order chi connectivity index (χ0) is 17.0. The summed E-state index contributed by atoms with van der Waals surface area (Å²) in [5.74, 6) is -0.0618. The van der Waals surface area contributed by atoms with Gasteiger partial charge < -0.3 is 5.32 Å². The van der Waals surface area contributed by atoms with E-state index in [2.05, 4.69) is 10.0 Å². The Balaban J connectivity index is 1.53. The van der Waals surface area contributed by atoms with Gasteiger partial charge in [-0.25, -0.2) is 13.1 Å². The first-order valence-corrected chi connectivity index (χ1v) is 9.47.